The molecule has 2 amide bonds. The maximum atomic E-state index is 12.1. The number of hydrogen-bond acceptors (Lipinski definition) is 7. The number of esters is 1. The van der Waals surface area contributed by atoms with Crippen molar-refractivity contribution in [1.82, 2.24) is 0 Å². The largest absolute Gasteiger partial charge is 0.457 e. The summed E-state index contributed by atoms with van der Waals surface area (Å²) in [7, 11) is 0. The molecular formula is C26H25N3O7. The zero-order valence-electron chi connectivity index (χ0n) is 19.6. The molecule has 0 fully saturated rings. The van der Waals surface area contributed by atoms with E-state index >= 15 is 0 Å². The molecule has 36 heavy (non-hydrogen) atoms. The van der Waals surface area contributed by atoms with Crippen LogP contribution in [-0.4, -0.2) is 29.3 Å². The molecule has 0 unspecified atom stereocenters. The van der Waals surface area contributed by atoms with Crippen LogP contribution in [0.5, 0.6) is 11.5 Å². The number of carbonyl (C=O) groups excluding carboxylic acids is 3. The van der Waals surface area contributed by atoms with E-state index in [0.29, 0.717) is 17.2 Å². The van der Waals surface area contributed by atoms with E-state index in [0.717, 1.165) is 5.56 Å². The van der Waals surface area contributed by atoms with Crippen molar-refractivity contribution in [3.05, 3.63) is 88.5 Å². The summed E-state index contributed by atoms with van der Waals surface area (Å²) >= 11 is 0. The first-order valence-electron chi connectivity index (χ1n) is 11.1. The summed E-state index contributed by atoms with van der Waals surface area (Å²) in [6, 6.07) is 20.0. The molecule has 0 saturated carbocycles. The van der Waals surface area contributed by atoms with Crippen LogP contribution in [-0.2, 0) is 19.1 Å². The molecule has 0 heterocycles. The summed E-state index contributed by atoms with van der Waals surface area (Å²) in [5, 5.41) is 15.9. The van der Waals surface area contributed by atoms with E-state index in [-0.39, 0.29) is 36.5 Å². The minimum Gasteiger partial charge on any atom is -0.457 e. The molecule has 0 aliphatic heterocycles. The summed E-state index contributed by atoms with van der Waals surface area (Å²) in [5.74, 6) is -0.177. The van der Waals surface area contributed by atoms with E-state index in [1.807, 2.05) is 31.2 Å². The molecule has 0 bridgehead atoms. The first-order valence-corrected chi connectivity index (χ1v) is 11.1. The molecule has 0 aromatic heterocycles. The van der Waals surface area contributed by atoms with Crippen LogP contribution in [0, 0.1) is 17.0 Å². The van der Waals surface area contributed by atoms with E-state index in [1.165, 1.54) is 24.3 Å². The lowest BCUT2D eigenvalue weighted by Gasteiger charge is -2.09. The van der Waals surface area contributed by atoms with Crippen molar-refractivity contribution in [1.29, 1.82) is 0 Å². The number of rotatable bonds is 11. The number of nitro groups is 1. The average molecular weight is 492 g/mol. The highest BCUT2D eigenvalue weighted by Crippen LogP contribution is 2.23. The average Bonchev–Trinajstić information content (AvgIpc) is 2.85. The molecule has 186 valence electrons. The fourth-order valence-corrected chi connectivity index (χ4v) is 3.08. The molecule has 3 aromatic carbocycles. The topological polar surface area (TPSA) is 137 Å². The quantitative estimate of drug-likeness (QED) is 0.219. The van der Waals surface area contributed by atoms with Gasteiger partial charge < -0.3 is 20.1 Å². The van der Waals surface area contributed by atoms with Gasteiger partial charge in [-0.1, -0.05) is 23.8 Å². The van der Waals surface area contributed by atoms with Crippen LogP contribution in [0.3, 0.4) is 0 Å². The predicted molar refractivity (Wildman–Crippen MR) is 133 cm³/mol. The normalized spacial score (nSPS) is 10.2. The Morgan fingerprint density at radius 1 is 0.833 bits per heavy atom. The van der Waals surface area contributed by atoms with Crippen molar-refractivity contribution in [2.75, 3.05) is 17.2 Å². The zero-order chi connectivity index (χ0) is 25.9. The molecule has 10 nitrogen and oxygen atoms in total. The van der Waals surface area contributed by atoms with Gasteiger partial charge in [-0.25, -0.2) is 0 Å². The standard InChI is InChI=1S/C26H25N3O7/c1-18-8-12-22(13-9-18)36-23-14-10-19(11-15-23)27-24(30)6-3-7-26(32)35-17-25(31)28-20-4-2-5-21(16-20)29(33)34/h2,4-5,8-16H,3,6-7,17H2,1H3,(H,27,30)(H,28,31). The van der Waals surface area contributed by atoms with Crippen molar-refractivity contribution in [3.8, 4) is 11.5 Å². The predicted octanol–water partition coefficient (Wildman–Crippen LogP) is 4.99. The highest BCUT2D eigenvalue weighted by atomic mass is 16.6. The summed E-state index contributed by atoms with van der Waals surface area (Å²) < 4.78 is 10.6. The number of nitrogens with one attached hydrogen (secondary N) is 2. The van der Waals surface area contributed by atoms with E-state index in [2.05, 4.69) is 10.6 Å². The third-order valence-corrected chi connectivity index (χ3v) is 4.88. The number of ether oxygens (including phenoxy) is 2. The lowest BCUT2D eigenvalue weighted by atomic mass is 10.2. The number of benzene rings is 3. The number of hydrogen-bond donors (Lipinski definition) is 2. The number of amides is 2. The number of anilines is 2. The number of non-ortho nitro benzene ring substituents is 1. The molecule has 10 heteroatoms. The van der Waals surface area contributed by atoms with Crippen LogP contribution in [0.2, 0.25) is 0 Å². The Hall–Kier alpha value is -4.73. The number of carbonyl (C=O) groups is 3. The molecule has 0 radical (unpaired) electrons. The van der Waals surface area contributed by atoms with Crippen LogP contribution in [0.25, 0.3) is 0 Å². The summed E-state index contributed by atoms with van der Waals surface area (Å²) in [6.07, 6.45) is 0.295. The van der Waals surface area contributed by atoms with Crippen molar-refractivity contribution in [2.45, 2.75) is 26.2 Å². The Morgan fingerprint density at radius 2 is 1.47 bits per heavy atom. The third kappa shape index (κ3) is 8.56. The van der Waals surface area contributed by atoms with E-state index in [4.69, 9.17) is 9.47 Å². The molecule has 0 atom stereocenters. The molecule has 0 aliphatic rings. The Kier molecular flexibility index (Phi) is 9.10. The first-order chi connectivity index (χ1) is 17.3. The number of nitrogens with zero attached hydrogens (tertiary/aromatic N) is 1. The Balaban J connectivity index is 1.33. The maximum absolute atomic E-state index is 12.1. The van der Waals surface area contributed by atoms with E-state index < -0.39 is 23.4 Å². The van der Waals surface area contributed by atoms with Gasteiger partial charge in [0.1, 0.15) is 11.5 Å². The van der Waals surface area contributed by atoms with Crippen molar-refractivity contribution in [3.63, 3.8) is 0 Å². The molecule has 0 spiro atoms. The van der Waals surface area contributed by atoms with Gasteiger partial charge in [-0.3, -0.25) is 24.5 Å². The molecular weight excluding hydrogens is 466 g/mol. The van der Waals surface area contributed by atoms with Crippen molar-refractivity contribution >= 4 is 34.8 Å². The highest BCUT2D eigenvalue weighted by Gasteiger charge is 2.12. The van der Waals surface area contributed by atoms with Gasteiger partial charge in [0.25, 0.3) is 11.6 Å². The van der Waals surface area contributed by atoms with Gasteiger partial charge in [0.2, 0.25) is 5.91 Å². The van der Waals surface area contributed by atoms with Gasteiger partial charge in [-0.15, -0.1) is 0 Å². The maximum Gasteiger partial charge on any atom is 0.306 e. The fraction of sp³-hybridized carbons (Fsp3) is 0.192. The van der Waals surface area contributed by atoms with Crippen molar-refractivity contribution in [2.24, 2.45) is 0 Å². The lowest BCUT2D eigenvalue weighted by Crippen LogP contribution is -2.21. The lowest BCUT2D eigenvalue weighted by molar-refractivity contribution is -0.384. The van der Waals surface area contributed by atoms with Crippen molar-refractivity contribution < 1.29 is 28.8 Å². The number of nitro benzene ring substituents is 1. The van der Waals surface area contributed by atoms with Gasteiger partial charge in [0.05, 0.1) is 4.92 Å². The Morgan fingerprint density at radius 3 is 2.14 bits per heavy atom. The van der Waals surface area contributed by atoms with Crippen LogP contribution in [0.1, 0.15) is 24.8 Å². The minimum atomic E-state index is -0.630. The van der Waals surface area contributed by atoms with E-state index in [1.54, 1.807) is 24.3 Å². The second-order valence-corrected chi connectivity index (χ2v) is 7.86. The zero-order valence-corrected chi connectivity index (χ0v) is 19.6. The number of aryl methyl sites for hydroxylation is 1. The fourth-order valence-electron chi connectivity index (χ4n) is 3.08. The van der Waals surface area contributed by atoms with Crippen LogP contribution < -0.4 is 15.4 Å². The van der Waals surface area contributed by atoms with Gasteiger partial charge in [0, 0.05) is 36.3 Å². The van der Waals surface area contributed by atoms with Crippen LogP contribution >= 0.6 is 0 Å². The molecule has 0 aliphatic carbocycles. The van der Waals surface area contributed by atoms with Gasteiger partial charge in [-0.2, -0.15) is 0 Å². The molecule has 3 rings (SSSR count). The highest BCUT2D eigenvalue weighted by molar-refractivity contribution is 5.93. The summed E-state index contributed by atoms with van der Waals surface area (Å²) in [6.45, 7) is 1.46. The van der Waals surface area contributed by atoms with Gasteiger partial charge in [-0.05, 0) is 55.8 Å². The van der Waals surface area contributed by atoms with Gasteiger partial charge >= 0.3 is 5.97 Å². The molecule has 0 saturated heterocycles. The Labute approximate surface area is 207 Å². The smallest absolute Gasteiger partial charge is 0.306 e. The minimum absolute atomic E-state index is 0.0408. The molecule has 2 N–H and O–H groups in total. The van der Waals surface area contributed by atoms with Gasteiger partial charge in [0.15, 0.2) is 6.61 Å². The second-order valence-electron chi connectivity index (χ2n) is 7.86. The van der Waals surface area contributed by atoms with E-state index in [9.17, 15) is 24.5 Å². The third-order valence-electron chi connectivity index (χ3n) is 4.88. The summed E-state index contributed by atoms with van der Waals surface area (Å²) in [5.41, 5.74) is 1.78. The second kappa shape index (κ2) is 12.7. The van der Waals surface area contributed by atoms with Crippen LogP contribution in [0.4, 0.5) is 17.1 Å². The SMILES string of the molecule is Cc1ccc(Oc2ccc(NC(=O)CCCC(=O)OCC(=O)Nc3cccc([N+](=O)[O-])c3)cc2)cc1. The first kappa shape index (κ1) is 25.9. The van der Waals surface area contributed by atoms with Crippen LogP contribution in [0.15, 0.2) is 72.8 Å². The monoisotopic (exact) mass is 491 g/mol. The summed E-state index contributed by atoms with van der Waals surface area (Å²) in [4.78, 5) is 46.1. The Bertz CT molecular complexity index is 1230. The molecule has 3 aromatic rings.